The van der Waals surface area contributed by atoms with Crippen molar-refractivity contribution in [1.29, 1.82) is 0 Å². The minimum absolute atomic E-state index is 0.234. The van der Waals surface area contributed by atoms with E-state index in [-0.39, 0.29) is 5.91 Å². The highest BCUT2D eigenvalue weighted by Gasteiger charge is 2.14. The second-order valence-electron chi connectivity index (χ2n) is 4.88. The first-order valence-electron chi connectivity index (χ1n) is 7.09. The summed E-state index contributed by atoms with van der Waals surface area (Å²) in [5.41, 5.74) is 2.02. The van der Waals surface area contributed by atoms with E-state index in [1.165, 1.54) is 0 Å². The largest absolute Gasteiger partial charge is 0.493 e. The number of benzene rings is 1. The van der Waals surface area contributed by atoms with E-state index in [1.807, 2.05) is 13.0 Å². The summed E-state index contributed by atoms with van der Waals surface area (Å²) in [6.07, 6.45) is 0. The van der Waals surface area contributed by atoms with E-state index in [2.05, 4.69) is 10.3 Å². The van der Waals surface area contributed by atoms with Gasteiger partial charge in [-0.25, -0.2) is 4.98 Å². The highest BCUT2D eigenvalue weighted by molar-refractivity contribution is 5.92. The first-order valence-corrected chi connectivity index (χ1v) is 7.09. The van der Waals surface area contributed by atoms with Gasteiger partial charge in [-0.2, -0.15) is 0 Å². The van der Waals surface area contributed by atoms with Gasteiger partial charge in [-0.15, -0.1) is 0 Å². The van der Waals surface area contributed by atoms with Crippen molar-refractivity contribution in [3.05, 3.63) is 47.3 Å². The van der Waals surface area contributed by atoms with Crippen molar-refractivity contribution in [1.82, 2.24) is 10.3 Å². The first-order chi connectivity index (χ1) is 11.1. The van der Waals surface area contributed by atoms with E-state index >= 15 is 0 Å². The van der Waals surface area contributed by atoms with Crippen molar-refractivity contribution in [2.75, 3.05) is 21.3 Å². The highest BCUT2D eigenvalue weighted by atomic mass is 16.5. The molecular weight excluding hydrogens is 296 g/mol. The summed E-state index contributed by atoms with van der Waals surface area (Å²) >= 11 is 0. The Bertz CT molecular complexity index is 676. The average molecular weight is 316 g/mol. The highest BCUT2D eigenvalue weighted by Crippen LogP contribution is 2.38. The summed E-state index contributed by atoms with van der Waals surface area (Å²) in [5, 5.41) is 2.83. The Hall–Kier alpha value is -2.76. The summed E-state index contributed by atoms with van der Waals surface area (Å²) in [7, 11) is 4.65. The van der Waals surface area contributed by atoms with Gasteiger partial charge in [-0.1, -0.05) is 6.07 Å². The van der Waals surface area contributed by atoms with Crippen molar-refractivity contribution < 1.29 is 19.0 Å². The molecule has 0 unspecified atom stereocenters. The fourth-order valence-electron chi connectivity index (χ4n) is 2.18. The lowest BCUT2D eigenvalue weighted by atomic mass is 10.1. The summed E-state index contributed by atoms with van der Waals surface area (Å²) in [6.45, 7) is 2.17. The normalized spacial score (nSPS) is 10.1. The number of nitrogens with one attached hydrogen (secondary N) is 1. The number of hydrogen-bond acceptors (Lipinski definition) is 5. The molecule has 1 aromatic carbocycles. The van der Waals surface area contributed by atoms with E-state index in [0.717, 1.165) is 11.3 Å². The number of amides is 1. The maximum atomic E-state index is 12.1. The number of aryl methyl sites for hydroxylation is 1. The van der Waals surface area contributed by atoms with Crippen LogP contribution in [-0.2, 0) is 6.54 Å². The summed E-state index contributed by atoms with van der Waals surface area (Å²) in [4.78, 5) is 16.3. The fraction of sp³-hybridized carbons (Fsp3) is 0.294. The third-order valence-corrected chi connectivity index (χ3v) is 3.30. The van der Waals surface area contributed by atoms with Crippen LogP contribution in [-0.4, -0.2) is 32.2 Å². The summed E-state index contributed by atoms with van der Waals surface area (Å²) in [5.74, 6) is 1.38. The van der Waals surface area contributed by atoms with Gasteiger partial charge in [-0.3, -0.25) is 4.79 Å². The van der Waals surface area contributed by atoms with Crippen molar-refractivity contribution in [3.63, 3.8) is 0 Å². The third kappa shape index (κ3) is 3.91. The third-order valence-electron chi connectivity index (χ3n) is 3.30. The van der Waals surface area contributed by atoms with Crippen LogP contribution in [0.5, 0.6) is 17.2 Å². The Balaban J connectivity index is 2.15. The van der Waals surface area contributed by atoms with Crippen LogP contribution in [0.1, 0.15) is 21.7 Å². The van der Waals surface area contributed by atoms with E-state index < -0.39 is 0 Å². The van der Waals surface area contributed by atoms with Crippen LogP contribution in [0.3, 0.4) is 0 Å². The number of ether oxygens (including phenoxy) is 3. The predicted octanol–water partition coefficient (Wildman–Crippen LogP) is 2.35. The quantitative estimate of drug-likeness (QED) is 0.886. The fourth-order valence-corrected chi connectivity index (χ4v) is 2.18. The molecule has 0 atom stereocenters. The minimum atomic E-state index is -0.234. The van der Waals surface area contributed by atoms with E-state index in [0.29, 0.717) is 29.5 Å². The summed E-state index contributed by atoms with van der Waals surface area (Å²) < 4.78 is 15.9. The second-order valence-corrected chi connectivity index (χ2v) is 4.88. The standard InChI is InChI=1S/C17H20N2O4/c1-11-6-5-7-13(19-11)17(20)18-10-12-8-14(21-2)16(23-4)15(9-12)22-3/h5-9H,10H2,1-4H3,(H,18,20). The molecule has 6 nitrogen and oxygen atoms in total. The van der Waals surface area contributed by atoms with Crippen LogP contribution in [0.2, 0.25) is 0 Å². The zero-order chi connectivity index (χ0) is 16.8. The van der Waals surface area contributed by atoms with Gasteiger partial charge in [0.1, 0.15) is 5.69 Å². The Kier molecular flexibility index (Phi) is 5.41. The van der Waals surface area contributed by atoms with Gasteiger partial charge in [0.15, 0.2) is 11.5 Å². The molecule has 0 fully saturated rings. The van der Waals surface area contributed by atoms with Gasteiger partial charge in [0, 0.05) is 12.2 Å². The molecule has 0 saturated heterocycles. The molecule has 1 amide bonds. The number of hydrogen-bond donors (Lipinski definition) is 1. The smallest absolute Gasteiger partial charge is 0.270 e. The topological polar surface area (TPSA) is 69.7 Å². The average Bonchev–Trinajstić information content (AvgIpc) is 2.58. The predicted molar refractivity (Wildman–Crippen MR) is 86.2 cm³/mol. The number of pyridine rings is 1. The minimum Gasteiger partial charge on any atom is -0.493 e. The lowest BCUT2D eigenvalue weighted by molar-refractivity contribution is 0.0945. The van der Waals surface area contributed by atoms with Crippen LogP contribution < -0.4 is 19.5 Å². The zero-order valence-corrected chi connectivity index (χ0v) is 13.7. The van der Waals surface area contributed by atoms with Crippen molar-refractivity contribution in [2.45, 2.75) is 13.5 Å². The number of aromatic nitrogens is 1. The molecule has 0 spiro atoms. The molecule has 23 heavy (non-hydrogen) atoms. The maximum absolute atomic E-state index is 12.1. The van der Waals surface area contributed by atoms with E-state index in [9.17, 15) is 4.79 Å². The molecule has 1 heterocycles. The molecule has 0 aliphatic heterocycles. The van der Waals surface area contributed by atoms with Crippen LogP contribution in [0.25, 0.3) is 0 Å². The lowest BCUT2D eigenvalue weighted by Gasteiger charge is -2.14. The van der Waals surface area contributed by atoms with Crippen molar-refractivity contribution in [3.8, 4) is 17.2 Å². The zero-order valence-electron chi connectivity index (χ0n) is 13.7. The number of nitrogens with zero attached hydrogens (tertiary/aromatic N) is 1. The molecule has 2 aromatic rings. The number of methoxy groups -OCH3 is 3. The first kappa shape index (κ1) is 16.6. The lowest BCUT2D eigenvalue weighted by Crippen LogP contribution is -2.24. The SMILES string of the molecule is COc1cc(CNC(=O)c2cccc(C)n2)cc(OC)c1OC. The van der Waals surface area contributed by atoms with Crippen LogP contribution >= 0.6 is 0 Å². The van der Waals surface area contributed by atoms with Crippen LogP contribution in [0.15, 0.2) is 30.3 Å². The van der Waals surface area contributed by atoms with Gasteiger partial charge in [-0.05, 0) is 36.8 Å². The second kappa shape index (κ2) is 7.49. The Morgan fingerprint density at radius 3 is 2.26 bits per heavy atom. The van der Waals surface area contributed by atoms with Crippen LogP contribution in [0.4, 0.5) is 0 Å². The molecule has 0 aliphatic carbocycles. The van der Waals surface area contributed by atoms with E-state index in [4.69, 9.17) is 14.2 Å². The van der Waals surface area contributed by atoms with Gasteiger partial charge in [0.05, 0.1) is 21.3 Å². The molecule has 1 N–H and O–H groups in total. The molecule has 0 saturated carbocycles. The maximum Gasteiger partial charge on any atom is 0.270 e. The number of carbonyl (C=O) groups is 1. The van der Waals surface area contributed by atoms with Gasteiger partial charge < -0.3 is 19.5 Å². The monoisotopic (exact) mass is 316 g/mol. The van der Waals surface area contributed by atoms with E-state index in [1.54, 1.807) is 45.6 Å². The Morgan fingerprint density at radius 1 is 1.09 bits per heavy atom. The molecule has 0 bridgehead atoms. The molecule has 6 heteroatoms. The van der Waals surface area contributed by atoms with Gasteiger partial charge in [0.25, 0.3) is 5.91 Å². The summed E-state index contributed by atoms with van der Waals surface area (Å²) in [6, 6.07) is 8.92. The number of carbonyl (C=O) groups excluding carboxylic acids is 1. The Labute approximate surface area is 135 Å². The molecule has 1 aromatic heterocycles. The van der Waals surface area contributed by atoms with Gasteiger partial charge in [0.2, 0.25) is 5.75 Å². The molecule has 0 aliphatic rings. The number of rotatable bonds is 6. The Morgan fingerprint density at radius 2 is 1.74 bits per heavy atom. The van der Waals surface area contributed by atoms with Crippen molar-refractivity contribution in [2.24, 2.45) is 0 Å². The molecule has 122 valence electrons. The molecular formula is C17H20N2O4. The van der Waals surface area contributed by atoms with Crippen molar-refractivity contribution >= 4 is 5.91 Å². The molecule has 2 rings (SSSR count). The van der Waals surface area contributed by atoms with Crippen LogP contribution in [0, 0.1) is 6.92 Å². The molecule has 0 radical (unpaired) electrons. The van der Waals surface area contributed by atoms with Gasteiger partial charge >= 0.3 is 0 Å².